The zero-order chi connectivity index (χ0) is 6.62. The molecule has 0 aromatic rings. The largest absolute Gasteiger partial charge is 0.398 e. The Hall–Kier alpha value is 0.305. The number of hydrogen-bond acceptors (Lipinski definition) is 2. The van der Waals surface area contributed by atoms with E-state index in [4.69, 9.17) is 0 Å². The summed E-state index contributed by atoms with van der Waals surface area (Å²) in [5, 5.41) is 0. The second-order valence-corrected chi connectivity index (χ2v) is 2.48. The highest BCUT2D eigenvalue weighted by Crippen LogP contribution is 2.10. The predicted molar refractivity (Wildman–Crippen MR) is 35.5 cm³/mol. The van der Waals surface area contributed by atoms with Crippen LogP contribution in [-0.4, -0.2) is 18.9 Å². The molecule has 0 aromatic carbocycles. The quantitative estimate of drug-likeness (QED) is 0.543. The van der Waals surface area contributed by atoms with Gasteiger partial charge in [-0.3, -0.25) is 0 Å². The van der Waals surface area contributed by atoms with Crippen LogP contribution in [0, 0.1) is 0 Å². The van der Waals surface area contributed by atoms with E-state index in [-0.39, 0.29) is 0 Å². The molecule has 0 rings (SSSR count). The summed E-state index contributed by atoms with van der Waals surface area (Å²) in [6.07, 6.45) is 1.81. The van der Waals surface area contributed by atoms with Crippen molar-refractivity contribution in [2.45, 2.75) is 19.7 Å². The van der Waals surface area contributed by atoms with Crippen molar-refractivity contribution in [3.63, 3.8) is 0 Å². The summed E-state index contributed by atoms with van der Waals surface area (Å²) in [6.45, 7) is 4.10. The predicted octanol–water partition coefficient (Wildman–Crippen LogP) is 1.61. The van der Waals surface area contributed by atoms with Gasteiger partial charge in [0.25, 0.3) is 0 Å². The summed E-state index contributed by atoms with van der Waals surface area (Å²) < 4.78 is 16.9. The van der Waals surface area contributed by atoms with Crippen molar-refractivity contribution in [3.05, 3.63) is 0 Å². The van der Waals surface area contributed by atoms with Crippen LogP contribution in [0.3, 0.4) is 0 Å². The van der Waals surface area contributed by atoms with E-state index in [1.165, 1.54) is 32.2 Å². The van der Waals surface area contributed by atoms with Gasteiger partial charge in [-0.05, 0) is 20.1 Å². The average molecular weight is 135 g/mol. The van der Waals surface area contributed by atoms with Crippen molar-refractivity contribution in [2.75, 3.05) is 6.26 Å². The molecule has 4 heteroatoms. The third-order valence-corrected chi connectivity index (χ3v) is 0.713. The Bertz CT molecular complexity index is 63.5. The van der Waals surface area contributed by atoms with Crippen molar-refractivity contribution in [2.24, 2.45) is 0 Å². The lowest BCUT2D eigenvalue weighted by Gasteiger charge is -2.12. The van der Waals surface area contributed by atoms with Gasteiger partial charge < -0.3 is 4.65 Å². The van der Waals surface area contributed by atoms with E-state index in [9.17, 15) is 4.39 Å². The molecule has 8 heavy (non-hydrogen) atoms. The molecule has 0 aliphatic heterocycles. The van der Waals surface area contributed by atoms with Gasteiger partial charge in [0.2, 0.25) is 0 Å². The standard InChI is InChI=1S/C4H9BFOS/c1-4(2,6)7-5-8-3/h1-3H3. The molecule has 0 aliphatic carbocycles. The first-order valence-electron chi connectivity index (χ1n) is 2.27. The van der Waals surface area contributed by atoms with Gasteiger partial charge in [0.15, 0.2) is 5.85 Å². The third-order valence-electron chi connectivity index (χ3n) is 0.425. The summed E-state index contributed by atoms with van der Waals surface area (Å²) in [5.41, 5.74) is 0. The lowest BCUT2D eigenvalue weighted by molar-refractivity contribution is -0.0204. The number of rotatable bonds is 3. The highest BCUT2D eigenvalue weighted by molar-refractivity contribution is 8.21. The van der Waals surface area contributed by atoms with Crippen molar-refractivity contribution >= 4 is 18.4 Å². The zero-order valence-corrected chi connectivity index (χ0v) is 6.09. The monoisotopic (exact) mass is 135 g/mol. The van der Waals surface area contributed by atoms with Gasteiger partial charge in [-0.2, -0.15) is 11.6 Å². The Morgan fingerprint density at radius 2 is 2.12 bits per heavy atom. The molecule has 0 aromatic heterocycles. The van der Waals surface area contributed by atoms with Crippen LogP contribution in [0.2, 0.25) is 0 Å². The van der Waals surface area contributed by atoms with Crippen LogP contribution in [0.25, 0.3) is 0 Å². The van der Waals surface area contributed by atoms with Crippen molar-refractivity contribution in [1.29, 1.82) is 0 Å². The minimum Gasteiger partial charge on any atom is -0.398 e. The molecule has 0 spiro atoms. The Kier molecular flexibility index (Phi) is 3.48. The minimum atomic E-state index is -1.52. The molecule has 0 heterocycles. The molecule has 1 nitrogen and oxygen atoms in total. The Labute approximate surface area is 54.2 Å². The summed E-state index contributed by atoms with van der Waals surface area (Å²) in [7, 11) is 0. The highest BCUT2D eigenvalue weighted by atomic mass is 32.2. The fourth-order valence-electron chi connectivity index (χ4n) is 0.163. The van der Waals surface area contributed by atoms with Gasteiger partial charge >= 0.3 is 6.76 Å². The summed E-state index contributed by atoms with van der Waals surface area (Å²) >= 11 is 1.34. The van der Waals surface area contributed by atoms with Crippen LogP contribution in [0.1, 0.15) is 13.8 Å². The molecule has 0 unspecified atom stereocenters. The van der Waals surface area contributed by atoms with E-state index in [1.807, 2.05) is 6.26 Å². The Balaban J connectivity index is 3.11. The molecule has 47 valence electrons. The fraction of sp³-hybridized carbons (Fsp3) is 1.00. The lowest BCUT2D eigenvalue weighted by Crippen LogP contribution is -2.18. The zero-order valence-electron chi connectivity index (χ0n) is 5.27. The minimum absolute atomic E-state index is 1.34. The maximum absolute atomic E-state index is 12.3. The molecule has 0 amide bonds. The second-order valence-electron chi connectivity index (χ2n) is 1.81. The van der Waals surface area contributed by atoms with E-state index in [1.54, 1.807) is 0 Å². The lowest BCUT2D eigenvalue weighted by atomic mass is 10.4. The molecular weight excluding hydrogens is 126 g/mol. The third kappa shape index (κ3) is 6.30. The molecule has 0 fully saturated rings. The van der Waals surface area contributed by atoms with Crippen LogP contribution in [0.4, 0.5) is 4.39 Å². The normalized spacial score (nSPS) is 11.5. The molecular formula is C4H9BFOS. The van der Waals surface area contributed by atoms with E-state index in [0.717, 1.165) is 0 Å². The van der Waals surface area contributed by atoms with Crippen LogP contribution in [0.15, 0.2) is 0 Å². The van der Waals surface area contributed by atoms with E-state index < -0.39 is 5.85 Å². The first kappa shape index (κ1) is 8.30. The van der Waals surface area contributed by atoms with E-state index in [0.29, 0.717) is 0 Å². The molecule has 0 atom stereocenters. The number of halogens is 1. The summed E-state index contributed by atoms with van der Waals surface area (Å²) in [6, 6.07) is 0. The molecule has 0 bridgehead atoms. The average Bonchev–Trinajstić information content (AvgIpc) is 1.59. The van der Waals surface area contributed by atoms with Gasteiger partial charge in [0.05, 0.1) is 0 Å². The summed E-state index contributed by atoms with van der Waals surface area (Å²) in [4.78, 5) is 0. The SMILES string of the molecule is CS[B]OC(C)(C)F. The van der Waals surface area contributed by atoms with E-state index in [2.05, 4.69) is 4.65 Å². The van der Waals surface area contributed by atoms with Gasteiger partial charge in [-0.25, -0.2) is 4.39 Å². The molecule has 0 aliphatic rings. The maximum atomic E-state index is 12.3. The van der Waals surface area contributed by atoms with Crippen molar-refractivity contribution < 1.29 is 9.04 Å². The highest BCUT2D eigenvalue weighted by Gasteiger charge is 2.14. The maximum Gasteiger partial charge on any atom is 0.374 e. The van der Waals surface area contributed by atoms with Crippen LogP contribution in [0.5, 0.6) is 0 Å². The van der Waals surface area contributed by atoms with Gasteiger partial charge in [0.1, 0.15) is 0 Å². The molecule has 0 N–H and O–H groups in total. The second kappa shape index (κ2) is 3.35. The van der Waals surface area contributed by atoms with Gasteiger partial charge in [-0.15, -0.1) is 0 Å². The number of hydrogen-bond donors (Lipinski definition) is 0. The number of alkyl halides is 1. The first-order chi connectivity index (χ1) is 3.56. The van der Waals surface area contributed by atoms with Gasteiger partial charge in [-0.1, -0.05) is 0 Å². The van der Waals surface area contributed by atoms with Crippen molar-refractivity contribution in [3.8, 4) is 0 Å². The van der Waals surface area contributed by atoms with E-state index >= 15 is 0 Å². The topological polar surface area (TPSA) is 9.23 Å². The smallest absolute Gasteiger partial charge is 0.374 e. The van der Waals surface area contributed by atoms with Gasteiger partial charge in [0, 0.05) is 0 Å². The Morgan fingerprint density at radius 1 is 1.62 bits per heavy atom. The van der Waals surface area contributed by atoms with Crippen LogP contribution in [-0.2, 0) is 4.65 Å². The molecule has 1 radical (unpaired) electrons. The van der Waals surface area contributed by atoms with Crippen LogP contribution < -0.4 is 0 Å². The fourth-order valence-corrected chi connectivity index (χ4v) is 0.488. The van der Waals surface area contributed by atoms with Crippen LogP contribution >= 0.6 is 11.6 Å². The molecule has 0 saturated heterocycles. The first-order valence-corrected chi connectivity index (χ1v) is 3.56. The Morgan fingerprint density at radius 3 is 2.25 bits per heavy atom. The summed E-state index contributed by atoms with van der Waals surface area (Å²) in [5.74, 6) is -1.52. The molecule has 0 saturated carbocycles. The van der Waals surface area contributed by atoms with Crippen molar-refractivity contribution in [1.82, 2.24) is 0 Å².